The lowest BCUT2D eigenvalue weighted by Crippen LogP contribution is -2.47. The Morgan fingerprint density at radius 1 is 1.21 bits per heavy atom. The minimum Gasteiger partial charge on any atom is -0.478 e. The molecule has 142 valence electrons. The summed E-state index contributed by atoms with van der Waals surface area (Å²) in [5, 5.41) is 29.6. The quantitative estimate of drug-likeness (QED) is 0.600. The molecule has 1 heterocycles. The zero-order valence-corrected chi connectivity index (χ0v) is 14.9. The van der Waals surface area contributed by atoms with Gasteiger partial charge in [0.05, 0.1) is 16.1 Å². The Hall–Kier alpha value is -4.16. The number of carbonyl (C=O) groups is 3. The number of benzene rings is 1. The second-order valence-electron chi connectivity index (χ2n) is 5.26. The average molecular weight is 401 g/mol. The highest BCUT2D eigenvalue weighted by Crippen LogP contribution is 2.26. The molecule has 0 aliphatic carbocycles. The lowest BCUT2D eigenvalue weighted by Gasteiger charge is -2.27. The molecule has 1 aromatic rings. The number of carbonyl (C=O) groups excluding carboxylic acids is 2. The molecule has 0 saturated heterocycles. The first-order valence-corrected chi connectivity index (χ1v) is 8.79. The highest BCUT2D eigenvalue weighted by atomic mass is 32.2. The van der Waals surface area contributed by atoms with E-state index >= 15 is 0 Å². The Bertz CT molecular complexity index is 1120. The van der Waals surface area contributed by atoms with Crippen LogP contribution in [0.4, 0.5) is 5.69 Å². The Morgan fingerprint density at radius 3 is 2.39 bits per heavy atom. The maximum Gasteiger partial charge on any atom is 0.337 e. The van der Waals surface area contributed by atoms with Gasteiger partial charge in [0.1, 0.15) is 17.8 Å². The van der Waals surface area contributed by atoms with Crippen LogP contribution in [-0.2, 0) is 19.6 Å². The van der Waals surface area contributed by atoms with Gasteiger partial charge in [-0.3, -0.25) is 9.59 Å². The van der Waals surface area contributed by atoms with Crippen LogP contribution in [0.1, 0.15) is 17.3 Å². The first-order valence-electron chi connectivity index (χ1n) is 7.35. The van der Waals surface area contributed by atoms with Crippen LogP contribution in [0.2, 0.25) is 0 Å². The van der Waals surface area contributed by atoms with Gasteiger partial charge in [0.2, 0.25) is 5.91 Å². The number of rotatable bonds is 4. The Balaban J connectivity index is 2.66. The fourth-order valence-electron chi connectivity index (χ4n) is 2.20. The molecule has 2 amide bonds. The molecule has 1 aliphatic rings. The molecule has 11 nitrogen and oxygen atoms in total. The summed E-state index contributed by atoms with van der Waals surface area (Å²) in [7, 11) is -4.60. The number of nitrogens with zero attached hydrogens (tertiary/aromatic N) is 3. The van der Waals surface area contributed by atoms with E-state index in [1.807, 2.05) is 5.43 Å². The van der Waals surface area contributed by atoms with Crippen LogP contribution in [0.3, 0.4) is 0 Å². The number of sulfonamides is 1. The lowest BCUT2D eigenvalue weighted by molar-refractivity contribution is -0.119. The Labute approximate surface area is 158 Å². The summed E-state index contributed by atoms with van der Waals surface area (Å²) in [6.45, 7) is 1.15. The van der Waals surface area contributed by atoms with Crippen molar-refractivity contribution in [3.05, 3.63) is 47.2 Å². The van der Waals surface area contributed by atoms with Crippen molar-refractivity contribution in [2.45, 2.75) is 11.8 Å². The van der Waals surface area contributed by atoms with Crippen molar-refractivity contribution in [1.82, 2.24) is 9.84 Å². The number of anilines is 1. The van der Waals surface area contributed by atoms with E-state index in [1.165, 1.54) is 12.1 Å². The van der Waals surface area contributed by atoms with E-state index in [0.717, 1.165) is 37.3 Å². The normalized spacial score (nSPS) is 13.2. The van der Waals surface area contributed by atoms with Crippen LogP contribution in [0.15, 0.2) is 46.5 Å². The number of hydrogen-bond donors (Lipinski definition) is 3. The SMILES string of the molecule is CC(=O)Nc1ccc(S(=O)(=O)N2NC(=O)C=CC2=C(C#N)C#N)cc1C(=O)O. The fraction of sp³-hybridized carbons (Fsp3) is 0.0625. The van der Waals surface area contributed by atoms with E-state index < -0.39 is 49.5 Å². The fourth-order valence-corrected chi connectivity index (χ4v) is 3.54. The number of allylic oxidation sites excluding steroid dienone is 2. The van der Waals surface area contributed by atoms with Gasteiger partial charge in [-0.25, -0.2) is 10.2 Å². The van der Waals surface area contributed by atoms with Gasteiger partial charge in [-0.2, -0.15) is 23.4 Å². The maximum atomic E-state index is 12.9. The highest BCUT2D eigenvalue weighted by molar-refractivity contribution is 7.89. The largest absolute Gasteiger partial charge is 0.478 e. The van der Waals surface area contributed by atoms with Gasteiger partial charge in [0.15, 0.2) is 5.57 Å². The van der Waals surface area contributed by atoms with Crippen molar-refractivity contribution in [2.24, 2.45) is 0 Å². The molecule has 0 saturated carbocycles. The standard InChI is InChI=1S/C16H11N5O6S/c1-9(22)19-13-3-2-11(6-12(13)16(24)25)28(26,27)21-14(10(7-17)8-18)4-5-15(23)20-21/h2-6H,1H3,(H,19,22)(H,20,23)(H,24,25). The molecule has 0 aromatic heterocycles. The van der Waals surface area contributed by atoms with Crippen molar-refractivity contribution in [2.75, 3.05) is 5.32 Å². The first kappa shape index (κ1) is 20.2. The van der Waals surface area contributed by atoms with Crippen LogP contribution < -0.4 is 10.7 Å². The van der Waals surface area contributed by atoms with Gasteiger partial charge < -0.3 is 10.4 Å². The van der Waals surface area contributed by atoms with E-state index in [0.29, 0.717) is 4.41 Å². The molecule has 0 atom stereocenters. The topological polar surface area (TPSA) is 180 Å². The number of hydrazine groups is 1. The summed E-state index contributed by atoms with van der Waals surface area (Å²) in [6.07, 6.45) is 1.90. The van der Waals surface area contributed by atoms with Crippen molar-refractivity contribution in [3.8, 4) is 12.1 Å². The van der Waals surface area contributed by atoms with E-state index in [2.05, 4.69) is 5.32 Å². The number of aromatic carboxylic acids is 1. The number of hydrogen-bond acceptors (Lipinski definition) is 7. The molecule has 1 aliphatic heterocycles. The average Bonchev–Trinajstić information content (AvgIpc) is 2.63. The second-order valence-corrected chi connectivity index (χ2v) is 7.04. The zero-order valence-electron chi connectivity index (χ0n) is 14.1. The zero-order chi connectivity index (χ0) is 21.1. The van der Waals surface area contributed by atoms with Crippen LogP contribution in [0, 0.1) is 22.7 Å². The van der Waals surface area contributed by atoms with E-state index in [9.17, 15) is 27.9 Å². The predicted molar refractivity (Wildman–Crippen MR) is 92.3 cm³/mol. The van der Waals surface area contributed by atoms with Crippen molar-refractivity contribution in [1.29, 1.82) is 10.5 Å². The lowest BCUT2D eigenvalue weighted by atomic mass is 10.2. The van der Waals surface area contributed by atoms with Crippen molar-refractivity contribution < 1.29 is 27.9 Å². The van der Waals surface area contributed by atoms with Gasteiger partial charge >= 0.3 is 5.97 Å². The minimum atomic E-state index is -4.60. The monoisotopic (exact) mass is 401 g/mol. The molecule has 0 fully saturated rings. The number of nitrogens with one attached hydrogen (secondary N) is 2. The molecule has 0 radical (unpaired) electrons. The summed E-state index contributed by atoms with van der Waals surface area (Å²) < 4.78 is 26.2. The number of carboxylic acids is 1. The van der Waals surface area contributed by atoms with Crippen LogP contribution >= 0.6 is 0 Å². The third-order valence-corrected chi connectivity index (χ3v) is 4.99. The van der Waals surface area contributed by atoms with E-state index in [4.69, 9.17) is 10.5 Å². The molecule has 2 rings (SSSR count). The summed E-state index contributed by atoms with van der Waals surface area (Å²) in [6, 6.07) is 5.89. The highest BCUT2D eigenvalue weighted by Gasteiger charge is 2.32. The smallest absolute Gasteiger partial charge is 0.337 e. The molecule has 1 aromatic carbocycles. The summed E-state index contributed by atoms with van der Waals surface area (Å²) >= 11 is 0. The van der Waals surface area contributed by atoms with Crippen LogP contribution in [0.5, 0.6) is 0 Å². The van der Waals surface area contributed by atoms with Crippen molar-refractivity contribution >= 4 is 33.5 Å². The predicted octanol–water partition coefficient (Wildman–Crippen LogP) is 0.236. The Kier molecular flexibility index (Phi) is 5.48. The van der Waals surface area contributed by atoms with Gasteiger partial charge in [-0.05, 0) is 24.3 Å². The molecular weight excluding hydrogens is 390 g/mol. The van der Waals surface area contributed by atoms with E-state index in [1.54, 1.807) is 0 Å². The molecule has 12 heteroatoms. The summed E-state index contributed by atoms with van der Waals surface area (Å²) in [5.74, 6) is -2.91. The molecular formula is C16H11N5O6S. The van der Waals surface area contributed by atoms with Crippen LogP contribution in [-0.4, -0.2) is 35.7 Å². The molecule has 0 bridgehead atoms. The number of nitriles is 2. The van der Waals surface area contributed by atoms with Crippen molar-refractivity contribution in [3.63, 3.8) is 0 Å². The molecule has 28 heavy (non-hydrogen) atoms. The third kappa shape index (κ3) is 3.82. The second kappa shape index (κ2) is 7.61. The molecule has 0 spiro atoms. The van der Waals surface area contributed by atoms with Gasteiger partial charge in [0.25, 0.3) is 15.9 Å². The Morgan fingerprint density at radius 2 is 1.86 bits per heavy atom. The summed E-state index contributed by atoms with van der Waals surface area (Å²) in [4.78, 5) is 33.7. The molecule has 0 unspecified atom stereocenters. The van der Waals surface area contributed by atoms with Gasteiger partial charge in [-0.15, -0.1) is 0 Å². The van der Waals surface area contributed by atoms with Gasteiger partial charge in [0, 0.05) is 13.0 Å². The molecule has 3 N–H and O–H groups in total. The first-order chi connectivity index (χ1) is 13.1. The minimum absolute atomic E-state index is 0.132. The summed E-state index contributed by atoms with van der Waals surface area (Å²) in [5.41, 5.74) is 0.348. The van der Waals surface area contributed by atoms with E-state index in [-0.39, 0.29) is 5.69 Å². The third-order valence-electron chi connectivity index (χ3n) is 3.37. The maximum absolute atomic E-state index is 12.9. The number of carboxylic acid groups (broad SMARTS) is 1. The number of amides is 2. The van der Waals surface area contributed by atoms with Crippen LogP contribution in [0.25, 0.3) is 0 Å². The van der Waals surface area contributed by atoms with Gasteiger partial charge in [-0.1, -0.05) is 0 Å².